The van der Waals surface area contributed by atoms with E-state index in [-0.39, 0.29) is 5.92 Å². The lowest BCUT2D eigenvalue weighted by molar-refractivity contribution is -0.0637. The second kappa shape index (κ2) is 6.03. The van der Waals surface area contributed by atoms with E-state index >= 15 is 0 Å². The molecule has 1 rings (SSSR count). The van der Waals surface area contributed by atoms with Gasteiger partial charge in [0.1, 0.15) is 5.75 Å². The van der Waals surface area contributed by atoms with Crippen molar-refractivity contribution >= 4 is 0 Å². The lowest BCUT2D eigenvalue weighted by atomic mass is 9.85. The molecule has 0 saturated carbocycles. The van der Waals surface area contributed by atoms with Crippen molar-refractivity contribution in [1.29, 1.82) is 0 Å². The molecule has 17 heavy (non-hydrogen) atoms. The van der Waals surface area contributed by atoms with Gasteiger partial charge >= 0.3 is 0 Å². The Morgan fingerprint density at radius 3 is 2.53 bits per heavy atom. The molecule has 0 aliphatic heterocycles. The van der Waals surface area contributed by atoms with Gasteiger partial charge in [0.05, 0.1) is 19.3 Å². The lowest BCUT2D eigenvalue weighted by Crippen LogP contribution is -2.42. The molecule has 3 heteroatoms. The molecule has 0 aliphatic carbocycles. The second-order valence-corrected chi connectivity index (χ2v) is 4.72. The molecule has 0 amide bonds. The Labute approximate surface area is 103 Å². The van der Waals surface area contributed by atoms with Crippen LogP contribution in [0.2, 0.25) is 0 Å². The number of benzene rings is 1. The summed E-state index contributed by atoms with van der Waals surface area (Å²) in [6.45, 7) is 4.33. The van der Waals surface area contributed by atoms with E-state index in [9.17, 15) is 5.11 Å². The standard InChI is InChI=1S/C14H22O3/c1-11(2)14(15,10-16-3)9-12-6-5-7-13(8-12)17-4/h5-8,11,15H,9-10H2,1-4H3. The largest absolute Gasteiger partial charge is 0.497 e. The van der Waals surface area contributed by atoms with Crippen LogP contribution in [-0.2, 0) is 11.2 Å². The maximum Gasteiger partial charge on any atom is 0.119 e. The van der Waals surface area contributed by atoms with Gasteiger partial charge in [0, 0.05) is 13.5 Å². The van der Waals surface area contributed by atoms with Gasteiger partial charge in [-0.25, -0.2) is 0 Å². The van der Waals surface area contributed by atoms with Crippen LogP contribution in [0.15, 0.2) is 24.3 Å². The van der Waals surface area contributed by atoms with Crippen molar-refractivity contribution in [3.8, 4) is 5.75 Å². The average Bonchev–Trinajstić information content (AvgIpc) is 2.29. The third-order valence-corrected chi connectivity index (χ3v) is 3.11. The van der Waals surface area contributed by atoms with E-state index in [1.165, 1.54) is 0 Å². The summed E-state index contributed by atoms with van der Waals surface area (Å²) < 4.78 is 10.3. The molecule has 0 heterocycles. The molecule has 0 fully saturated rings. The summed E-state index contributed by atoms with van der Waals surface area (Å²) in [7, 11) is 3.25. The van der Waals surface area contributed by atoms with E-state index in [0.717, 1.165) is 11.3 Å². The molecule has 1 atom stereocenters. The van der Waals surface area contributed by atoms with Gasteiger partial charge in [0.25, 0.3) is 0 Å². The Morgan fingerprint density at radius 2 is 2.00 bits per heavy atom. The third kappa shape index (κ3) is 3.72. The molecule has 1 N–H and O–H groups in total. The summed E-state index contributed by atoms with van der Waals surface area (Å²) in [6, 6.07) is 7.77. The van der Waals surface area contributed by atoms with Crippen LogP contribution in [0.3, 0.4) is 0 Å². The number of ether oxygens (including phenoxy) is 2. The molecule has 0 aromatic heterocycles. The first-order chi connectivity index (χ1) is 8.01. The molecular formula is C14H22O3. The minimum Gasteiger partial charge on any atom is -0.497 e. The topological polar surface area (TPSA) is 38.7 Å². The summed E-state index contributed by atoms with van der Waals surface area (Å²) in [5.41, 5.74) is 0.221. The normalized spacial score (nSPS) is 14.7. The molecule has 96 valence electrons. The highest BCUT2D eigenvalue weighted by Gasteiger charge is 2.31. The van der Waals surface area contributed by atoms with E-state index in [2.05, 4.69) is 0 Å². The van der Waals surface area contributed by atoms with Crippen LogP contribution in [0.25, 0.3) is 0 Å². The Kier molecular flexibility index (Phi) is 4.97. The minimum atomic E-state index is -0.832. The predicted octanol–water partition coefficient (Wildman–Crippen LogP) is 2.27. The zero-order valence-electron chi connectivity index (χ0n) is 11.1. The van der Waals surface area contributed by atoms with Gasteiger partial charge in [0.2, 0.25) is 0 Å². The van der Waals surface area contributed by atoms with Crippen molar-refractivity contribution in [2.45, 2.75) is 25.9 Å². The molecule has 3 nitrogen and oxygen atoms in total. The summed E-state index contributed by atoms with van der Waals surface area (Å²) >= 11 is 0. The molecule has 0 aliphatic rings. The summed E-state index contributed by atoms with van der Waals surface area (Å²) in [4.78, 5) is 0. The second-order valence-electron chi connectivity index (χ2n) is 4.72. The van der Waals surface area contributed by atoms with Crippen LogP contribution < -0.4 is 4.74 Å². The summed E-state index contributed by atoms with van der Waals surface area (Å²) in [6.07, 6.45) is 0.565. The highest BCUT2D eigenvalue weighted by Crippen LogP contribution is 2.24. The first-order valence-electron chi connectivity index (χ1n) is 5.86. The van der Waals surface area contributed by atoms with Gasteiger partial charge in [-0.15, -0.1) is 0 Å². The van der Waals surface area contributed by atoms with E-state index in [1.807, 2.05) is 38.1 Å². The van der Waals surface area contributed by atoms with Crippen molar-refractivity contribution in [3.63, 3.8) is 0 Å². The van der Waals surface area contributed by atoms with Crippen LogP contribution in [0, 0.1) is 5.92 Å². The van der Waals surface area contributed by atoms with Gasteiger partial charge < -0.3 is 14.6 Å². The first-order valence-corrected chi connectivity index (χ1v) is 5.86. The van der Waals surface area contributed by atoms with E-state index in [1.54, 1.807) is 14.2 Å². The van der Waals surface area contributed by atoms with Crippen LogP contribution >= 0.6 is 0 Å². The summed E-state index contributed by atoms with van der Waals surface area (Å²) in [5, 5.41) is 10.5. The number of hydrogen-bond acceptors (Lipinski definition) is 3. The van der Waals surface area contributed by atoms with Crippen molar-refractivity contribution in [2.24, 2.45) is 5.92 Å². The Morgan fingerprint density at radius 1 is 1.29 bits per heavy atom. The highest BCUT2D eigenvalue weighted by atomic mass is 16.5. The van der Waals surface area contributed by atoms with Crippen molar-refractivity contribution in [1.82, 2.24) is 0 Å². The molecule has 0 saturated heterocycles. The monoisotopic (exact) mass is 238 g/mol. The van der Waals surface area contributed by atoms with Gasteiger partial charge in [-0.3, -0.25) is 0 Å². The third-order valence-electron chi connectivity index (χ3n) is 3.11. The van der Waals surface area contributed by atoms with Crippen molar-refractivity contribution in [3.05, 3.63) is 29.8 Å². The van der Waals surface area contributed by atoms with Gasteiger partial charge in [-0.05, 0) is 23.6 Å². The molecular weight excluding hydrogens is 216 g/mol. The fourth-order valence-electron chi connectivity index (χ4n) is 1.81. The average molecular weight is 238 g/mol. The molecule has 0 bridgehead atoms. The lowest BCUT2D eigenvalue weighted by Gasteiger charge is -2.31. The summed E-state index contributed by atoms with van der Waals surface area (Å²) in [5.74, 6) is 0.944. The molecule has 1 aromatic rings. The predicted molar refractivity (Wildman–Crippen MR) is 68.4 cm³/mol. The van der Waals surface area contributed by atoms with E-state index in [4.69, 9.17) is 9.47 Å². The molecule has 1 unspecified atom stereocenters. The molecule has 1 aromatic carbocycles. The van der Waals surface area contributed by atoms with E-state index < -0.39 is 5.60 Å². The number of rotatable bonds is 6. The minimum absolute atomic E-state index is 0.133. The SMILES string of the molecule is COCC(O)(Cc1cccc(OC)c1)C(C)C. The first kappa shape index (κ1) is 14.0. The number of methoxy groups -OCH3 is 2. The van der Waals surface area contributed by atoms with E-state index in [0.29, 0.717) is 13.0 Å². The smallest absolute Gasteiger partial charge is 0.119 e. The van der Waals surface area contributed by atoms with Crippen LogP contribution in [0.1, 0.15) is 19.4 Å². The highest BCUT2D eigenvalue weighted by molar-refractivity contribution is 5.29. The van der Waals surface area contributed by atoms with Crippen LogP contribution in [-0.4, -0.2) is 31.5 Å². The molecule has 0 radical (unpaired) electrons. The Bertz CT molecular complexity index is 349. The van der Waals surface area contributed by atoms with Crippen LogP contribution in [0.4, 0.5) is 0 Å². The Balaban J connectivity index is 2.85. The number of hydrogen-bond donors (Lipinski definition) is 1. The van der Waals surface area contributed by atoms with Gasteiger partial charge in [-0.1, -0.05) is 26.0 Å². The van der Waals surface area contributed by atoms with Crippen molar-refractivity contribution < 1.29 is 14.6 Å². The zero-order chi connectivity index (χ0) is 12.9. The van der Waals surface area contributed by atoms with Crippen molar-refractivity contribution in [2.75, 3.05) is 20.8 Å². The quantitative estimate of drug-likeness (QED) is 0.826. The maximum atomic E-state index is 10.5. The Hall–Kier alpha value is -1.06. The van der Waals surface area contributed by atoms with Gasteiger partial charge in [-0.2, -0.15) is 0 Å². The molecule has 0 spiro atoms. The fraction of sp³-hybridized carbons (Fsp3) is 0.571. The van der Waals surface area contributed by atoms with Gasteiger partial charge in [0.15, 0.2) is 0 Å². The fourth-order valence-corrected chi connectivity index (χ4v) is 1.81. The number of aliphatic hydroxyl groups is 1. The zero-order valence-corrected chi connectivity index (χ0v) is 11.1. The van der Waals surface area contributed by atoms with Crippen LogP contribution in [0.5, 0.6) is 5.75 Å². The maximum absolute atomic E-state index is 10.5.